The maximum absolute atomic E-state index is 9.63. The van der Waals surface area contributed by atoms with E-state index in [2.05, 4.69) is 20.5 Å². The normalized spacial score (nSPS) is 33.1. The lowest BCUT2D eigenvalue weighted by molar-refractivity contribution is 0.163. The van der Waals surface area contributed by atoms with Gasteiger partial charge in [0.25, 0.3) is 0 Å². The Kier molecular flexibility index (Phi) is 3.10. The van der Waals surface area contributed by atoms with Crippen molar-refractivity contribution in [3.63, 3.8) is 0 Å². The molecule has 2 atom stereocenters. The number of H-pyrrole nitrogens is 1. The van der Waals surface area contributed by atoms with Gasteiger partial charge in [0.15, 0.2) is 5.16 Å². The van der Waals surface area contributed by atoms with Crippen LogP contribution in [0.25, 0.3) is 0 Å². The Bertz CT molecular complexity index is 368. The molecule has 2 fully saturated rings. The van der Waals surface area contributed by atoms with Gasteiger partial charge in [-0.05, 0) is 32.1 Å². The zero-order valence-corrected chi connectivity index (χ0v) is 10.5. The lowest BCUT2D eigenvalue weighted by atomic mass is 9.99. The largest absolute Gasteiger partial charge is 0.394 e. The molecule has 2 saturated carbocycles. The zero-order valence-electron chi connectivity index (χ0n) is 9.72. The van der Waals surface area contributed by atoms with Crippen LogP contribution >= 0.6 is 11.8 Å². The molecule has 1 aromatic rings. The van der Waals surface area contributed by atoms with Gasteiger partial charge in [0.2, 0.25) is 0 Å². The second-order valence-electron chi connectivity index (χ2n) is 5.13. The van der Waals surface area contributed by atoms with E-state index in [1.165, 1.54) is 12.8 Å². The molecule has 0 spiro atoms. The van der Waals surface area contributed by atoms with E-state index in [4.69, 9.17) is 0 Å². The Morgan fingerprint density at radius 1 is 1.53 bits per heavy atom. The van der Waals surface area contributed by atoms with Crippen LogP contribution in [0, 0.1) is 0 Å². The van der Waals surface area contributed by atoms with Crippen molar-refractivity contribution >= 4 is 11.8 Å². The van der Waals surface area contributed by atoms with E-state index in [-0.39, 0.29) is 12.1 Å². The smallest absolute Gasteiger partial charge is 0.183 e. The van der Waals surface area contributed by atoms with Crippen molar-refractivity contribution in [1.82, 2.24) is 20.5 Å². The van der Waals surface area contributed by atoms with Gasteiger partial charge in [0.05, 0.1) is 6.61 Å². The standard InChI is InChI=1S/C11H18N4OS/c16-6-11(14-8-1-2-8)4-3-9(5-11)17-10-12-7-13-15-10/h7-9,14,16H,1-6H2,(H,12,13,15). The molecule has 0 amide bonds. The van der Waals surface area contributed by atoms with Gasteiger partial charge in [-0.1, -0.05) is 11.8 Å². The molecule has 2 aliphatic rings. The maximum atomic E-state index is 9.63. The van der Waals surface area contributed by atoms with E-state index >= 15 is 0 Å². The lowest BCUT2D eigenvalue weighted by Crippen LogP contribution is -2.47. The van der Waals surface area contributed by atoms with Gasteiger partial charge in [-0.3, -0.25) is 5.10 Å². The SMILES string of the molecule is OCC1(NC2CC2)CCC(Sc2ncn[nH]2)C1. The molecule has 17 heavy (non-hydrogen) atoms. The molecule has 1 heterocycles. The fourth-order valence-electron chi connectivity index (χ4n) is 2.57. The van der Waals surface area contributed by atoms with Crippen LogP contribution in [0.1, 0.15) is 32.1 Å². The molecule has 94 valence electrons. The first-order valence-electron chi connectivity index (χ1n) is 6.20. The second kappa shape index (κ2) is 4.59. The summed E-state index contributed by atoms with van der Waals surface area (Å²) in [7, 11) is 0. The van der Waals surface area contributed by atoms with Crippen molar-refractivity contribution in [2.24, 2.45) is 0 Å². The molecule has 5 nitrogen and oxygen atoms in total. The molecule has 0 aliphatic heterocycles. The molecule has 0 radical (unpaired) electrons. The Hall–Kier alpha value is -0.590. The van der Waals surface area contributed by atoms with Crippen molar-refractivity contribution in [1.29, 1.82) is 0 Å². The fraction of sp³-hybridized carbons (Fsp3) is 0.818. The Morgan fingerprint density at radius 2 is 2.41 bits per heavy atom. The predicted molar refractivity (Wildman–Crippen MR) is 65.9 cm³/mol. The number of rotatable bonds is 5. The number of thioether (sulfide) groups is 1. The van der Waals surface area contributed by atoms with Gasteiger partial charge in [-0.25, -0.2) is 4.98 Å². The monoisotopic (exact) mass is 254 g/mol. The van der Waals surface area contributed by atoms with E-state index in [0.29, 0.717) is 11.3 Å². The average Bonchev–Trinajstić information content (AvgIpc) is 2.84. The molecule has 3 N–H and O–H groups in total. The number of aromatic nitrogens is 3. The molecule has 6 heteroatoms. The van der Waals surface area contributed by atoms with E-state index in [0.717, 1.165) is 24.4 Å². The Morgan fingerprint density at radius 3 is 3.06 bits per heavy atom. The van der Waals surface area contributed by atoms with Gasteiger partial charge in [-0.2, -0.15) is 5.10 Å². The maximum Gasteiger partial charge on any atom is 0.183 e. The van der Waals surface area contributed by atoms with Crippen LogP contribution < -0.4 is 5.32 Å². The lowest BCUT2D eigenvalue weighted by Gasteiger charge is -2.28. The third-order valence-electron chi connectivity index (χ3n) is 3.62. The first kappa shape index (κ1) is 11.5. The van der Waals surface area contributed by atoms with Crippen LogP contribution in [0.3, 0.4) is 0 Å². The summed E-state index contributed by atoms with van der Waals surface area (Å²) >= 11 is 1.74. The highest BCUT2D eigenvalue weighted by Crippen LogP contribution is 2.40. The minimum Gasteiger partial charge on any atom is -0.394 e. The third kappa shape index (κ3) is 2.64. The van der Waals surface area contributed by atoms with Gasteiger partial charge >= 0.3 is 0 Å². The summed E-state index contributed by atoms with van der Waals surface area (Å²) in [5.74, 6) is 0. The number of nitrogens with zero attached hydrogens (tertiary/aromatic N) is 2. The first-order chi connectivity index (χ1) is 8.30. The van der Waals surface area contributed by atoms with Crippen LogP contribution in [0.4, 0.5) is 0 Å². The number of aromatic amines is 1. The van der Waals surface area contributed by atoms with Crippen LogP contribution in [-0.4, -0.2) is 43.7 Å². The molecule has 0 bridgehead atoms. The summed E-state index contributed by atoms with van der Waals surface area (Å²) in [6, 6.07) is 0.649. The number of hydrogen-bond acceptors (Lipinski definition) is 5. The summed E-state index contributed by atoms with van der Waals surface area (Å²) in [5.41, 5.74) is -0.0428. The summed E-state index contributed by atoms with van der Waals surface area (Å²) in [4.78, 5) is 4.14. The number of aliphatic hydroxyl groups is 1. The van der Waals surface area contributed by atoms with E-state index < -0.39 is 0 Å². The first-order valence-corrected chi connectivity index (χ1v) is 7.08. The highest BCUT2D eigenvalue weighted by Gasteiger charge is 2.42. The number of nitrogens with one attached hydrogen (secondary N) is 2. The molecule has 0 saturated heterocycles. The van der Waals surface area contributed by atoms with E-state index in [1.807, 2.05) is 0 Å². The Balaban J connectivity index is 1.59. The molecule has 3 rings (SSSR count). The highest BCUT2D eigenvalue weighted by molar-refractivity contribution is 7.99. The molecule has 2 aliphatic carbocycles. The van der Waals surface area contributed by atoms with E-state index in [9.17, 15) is 5.11 Å². The summed E-state index contributed by atoms with van der Waals surface area (Å²) in [6.07, 6.45) is 7.28. The van der Waals surface area contributed by atoms with Crippen molar-refractivity contribution in [2.75, 3.05) is 6.61 Å². The predicted octanol–water partition coefficient (Wildman–Crippen LogP) is 0.932. The molecule has 1 aromatic heterocycles. The van der Waals surface area contributed by atoms with Crippen LogP contribution in [0.15, 0.2) is 11.5 Å². The van der Waals surface area contributed by atoms with Crippen LogP contribution in [0.5, 0.6) is 0 Å². The minimum atomic E-state index is -0.0428. The summed E-state index contributed by atoms with van der Waals surface area (Å²) < 4.78 is 0. The summed E-state index contributed by atoms with van der Waals surface area (Å²) in [6.45, 7) is 0.247. The van der Waals surface area contributed by atoms with Crippen molar-refractivity contribution in [3.8, 4) is 0 Å². The Labute approximate surface area is 105 Å². The highest BCUT2D eigenvalue weighted by atomic mass is 32.2. The van der Waals surface area contributed by atoms with Crippen molar-refractivity contribution in [3.05, 3.63) is 6.33 Å². The number of hydrogen-bond donors (Lipinski definition) is 3. The van der Waals surface area contributed by atoms with E-state index in [1.54, 1.807) is 18.1 Å². The van der Waals surface area contributed by atoms with Gasteiger partial charge in [0.1, 0.15) is 6.33 Å². The topological polar surface area (TPSA) is 73.8 Å². The van der Waals surface area contributed by atoms with Gasteiger partial charge in [-0.15, -0.1) is 0 Å². The second-order valence-corrected chi connectivity index (χ2v) is 6.42. The third-order valence-corrected chi connectivity index (χ3v) is 4.78. The average molecular weight is 254 g/mol. The fourth-order valence-corrected chi connectivity index (χ4v) is 3.73. The van der Waals surface area contributed by atoms with Crippen molar-refractivity contribution in [2.45, 2.75) is 54.1 Å². The molecular weight excluding hydrogens is 236 g/mol. The zero-order chi connectivity index (χ0) is 11.7. The molecular formula is C11H18N4OS. The van der Waals surface area contributed by atoms with Crippen molar-refractivity contribution < 1.29 is 5.11 Å². The number of aliphatic hydroxyl groups excluding tert-OH is 1. The molecule has 0 aromatic carbocycles. The van der Waals surface area contributed by atoms with Gasteiger partial charge < -0.3 is 10.4 Å². The summed E-state index contributed by atoms with van der Waals surface area (Å²) in [5, 5.41) is 21.4. The van der Waals surface area contributed by atoms with Gasteiger partial charge in [0, 0.05) is 16.8 Å². The minimum absolute atomic E-state index is 0.0428. The van der Waals surface area contributed by atoms with Crippen LogP contribution in [-0.2, 0) is 0 Å². The quantitative estimate of drug-likeness (QED) is 0.729. The molecule has 2 unspecified atom stereocenters. The van der Waals surface area contributed by atoms with Crippen LogP contribution in [0.2, 0.25) is 0 Å².